The van der Waals surface area contributed by atoms with E-state index >= 15 is 0 Å². The third-order valence-corrected chi connectivity index (χ3v) is 6.36. The third-order valence-electron chi connectivity index (χ3n) is 6.26. The molecule has 0 bridgehead atoms. The van der Waals surface area contributed by atoms with Gasteiger partial charge in [-0.3, -0.25) is 29.1 Å². The maximum absolute atomic E-state index is 12.3. The minimum Gasteiger partial charge on any atom is -0.480 e. The Balaban J connectivity index is 2.13. The number of hydrogen-bond donors (Lipinski definition) is 3. The zero-order chi connectivity index (χ0) is 26.5. The maximum Gasteiger partial charge on any atom is 0.320 e. The highest BCUT2D eigenvalue weighted by molar-refractivity contribution is 7.78. The van der Waals surface area contributed by atoms with Crippen LogP contribution in [-0.4, -0.2) is 137 Å². The number of carbonyl (C=O) groups is 3. The molecule has 1 fully saturated rings. The van der Waals surface area contributed by atoms with Gasteiger partial charge in [-0.25, -0.2) is 0 Å². The van der Waals surface area contributed by atoms with Crippen LogP contribution in [0, 0.1) is 0 Å². The predicted molar refractivity (Wildman–Crippen MR) is 138 cm³/mol. The quantitative estimate of drug-likeness (QED) is 0.298. The molecule has 11 nitrogen and oxygen atoms in total. The molecule has 0 radical (unpaired) electrons. The lowest BCUT2D eigenvalue weighted by Crippen LogP contribution is -2.51. The zero-order valence-electron chi connectivity index (χ0n) is 20.6. The van der Waals surface area contributed by atoms with Crippen LogP contribution in [-0.2, 0) is 20.8 Å². The summed E-state index contributed by atoms with van der Waals surface area (Å²) in [7, 11) is 1.93. The Morgan fingerprint density at radius 3 is 1.92 bits per heavy atom. The van der Waals surface area contributed by atoms with Crippen LogP contribution in [0.3, 0.4) is 0 Å². The normalized spacial score (nSPS) is 18.4. The van der Waals surface area contributed by atoms with Crippen molar-refractivity contribution in [3.05, 3.63) is 29.8 Å². The number of nitrogens with zero attached hydrogens (tertiary/aromatic N) is 5. The molecular formula is C24H35N5O6S. The number of isothiocyanates is 1. The highest BCUT2D eigenvalue weighted by Crippen LogP contribution is 2.16. The summed E-state index contributed by atoms with van der Waals surface area (Å²) in [5.41, 5.74) is 1.68. The van der Waals surface area contributed by atoms with Gasteiger partial charge in [0, 0.05) is 52.4 Å². The first-order valence-corrected chi connectivity index (χ1v) is 12.3. The summed E-state index contributed by atoms with van der Waals surface area (Å²) in [6.45, 7) is 3.49. The van der Waals surface area contributed by atoms with Crippen LogP contribution < -0.4 is 0 Å². The fourth-order valence-corrected chi connectivity index (χ4v) is 4.28. The van der Waals surface area contributed by atoms with Crippen molar-refractivity contribution in [1.29, 1.82) is 0 Å². The number of aliphatic imine (C=N–C) groups is 1. The SMILES string of the molecule is CN1CCN(CC(=O)O)CCN(CC(=O)O)CCN(C(CCc2ccc(N=C=S)cc2)C(=O)O)CC1. The minimum atomic E-state index is -0.977. The second-order valence-electron chi connectivity index (χ2n) is 8.94. The van der Waals surface area contributed by atoms with Crippen LogP contribution >= 0.6 is 12.2 Å². The minimum absolute atomic E-state index is 0.110. The standard InChI is InChI=1S/C24H35N5O6S/c1-26-8-10-27(16-22(30)31)11-12-28(17-23(32)33)13-15-29(14-9-26)21(24(34)35)7-4-19-2-5-20(6-3-19)25-18-36/h2-3,5-6,21H,4,7-17H2,1H3,(H,30,31)(H,32,33)(H,34,35). The van der Waals surface area contributed by atoms with Crippen LogP contribution in [0.25, 0.3) is 0 Å². The van der Waals surface area contributed by atoms with Crippen molar-refractivity contribution in [3.63, 3.8) is 0 Å². The fraction of sp³-hybridized carbons (Fsp3) is 0.583. The molecule has 1 unspecified atom stereocenters. The Morgan fingerprint density at radius 1 is 0.889 bits per heavy atom. The molecule has 0 amide bonds. The van der Waals surface area contributed by atoms with Gasteiger partial charge in [0.2, 0.25) is 0 Å². The third kappa shape index (κ3) is 10.9. The summed E-state index contributed by atoms with van der Waals surface area (Å²) in [5.74, 6) is -2.82. The summed E-state index contributed by atoms with van der Waals surface area (Å²) < 4.78 is 0. The average Bonchev–Trinajstić information content (AvgIpc) is 2.81. The molecular weight excluding hydrogens is 486 g/mol. The van der Waals surface area contributed by atoms with E-state index < -0.39 is 23.9 Å². The molecule has 3 N–H and O–H groups in total. The van der Waals surface area contributed by atoms with Gasteiger partial charge in [-0.05, 0) is 49.8 Å². The second-order valence-corrected chi connectivity index (χ2v) is 9.12. The summed E-state index contributed by atoms with van der Waals surface area (Å²) in [6.07, 6.45) is 0.966. The monoisotopic (exact) mass is 521 g/mol. The van der Waals surface area contributed by atoms with E-state index in [1.54, 1.807) is 9.80 Å². The Morgan fingerprint density at radius 2 is 1.39 bits per heavy atom. The molecule has 1 aliphatic rings. The van der Waals surface area contributed by atoms with E-state index in [4.69, 9.17) is 0 Å². The number of aryl methyl sites for hydroxylation is 1. The van der Waals surface area contributed by atoms with Gasteiger partial charge in [0.15, 0.2) is 0 Å². The Kier molecular flexibility index (Phi) is 12.6. The van der Waals surface area contributed by atoms with Crippen LogP contribution in [0.1, 0.15) is 12.0 Å². The number of thiocarbonyl (C=S) groups is 1. The number of carboxylic acid groups (broad SMARTS) is 3. The first kappa shape index (κ1) is 29.5. The molecule has 12 heteroatoms. The predicted octanol–water partition coefficient (Wildman–Crippen LogP) is 0.827. The number of aliphatic carboxylic acids is 3. The van der Waals surface area contributed by atoms with Gasteiger partial charge < -0.3 is 20.2 Å². The van der Waals surface area contributed by atoms with Gasteiger partial charge in [-0.2, -0.15) is 4.99 Å². The molecule has 1 aromatic carbocycles. The number of rotatable bonds is 10. The fourth-order valence-electron chi connectivity index (χ4n) is 4.18. The van der Waals surface area contributed by atoms with Crippen molar-refractivity contribution in [3.8, 4) is 0 Å². The number of likely N-dealkylation sites (N-methyl/N-ethyl adjacent to an activating group) is 1. The van der Waals surface area contributed by atoms with E-state index in [-0.39, 0.29) is 13.1 Å². The average molecular weight is 522 g/mol. The molecule has 1 heterocycles. The molecule has 36 heavy (non-hydrogen) atoms. The summed E-state index contributed by atoms with van der Waals surface area (Å²) >= 11 is 4.62. The number of benzene rings is 1. The molecule has 1 aliphatic heterocycles. The van der Waals surface area contributed by atoms with E-state index in [1.165, 1.54) is 0 Å². The molecule has 0 spiro atoms. The van der Waals surface area contributed by atoms with Crippen LogP contribution in [0.5, 0.6) is 0 Å². The second kappa shape index (κ2) is 15.4. The number of hydrogen-bond acceptors (Lipinski definition) is 9. The van der Waals surface area contributed by atoms with Gasteiger partial charge >= 0.3 is 17.9 Å². The van der Waals surface area contributed by atoms with Crippen molar-refractivity contribution < 1.29 is 29.7 Å². The van der Waals surface area contributed by atoms with Crippen molar-refractivity contribution in [2.75, 3.05) is 72.5 Å². The van der Waals surface area contributed by atoms with E-state index in [9.17, 15) is 29.7 Å². The molecule has 1 aromatic rings. The summed E-state index contributed by atoms with van der Waals surface area (Å²) in [4.78, 5) is 46.4. The molecule has 0 saturated carbocycles. The first-order chi connectivity index (χ1) is 17.2. The van der Waals surface area contributed by atoms with Crippen molar-refractivity contribution >= 4 is 41.0 Å². The van der Waals surface area contributed by atoms with E-state index in [0.717, 1.165) is 5.56 Å². The highest BCUT2D eigenvalue weighted by Gasteiger charge is 2.27. The van der Waals surface area contributed by atoms with Crippen LogP contribution in [0.2, 0.25) is 0 Å². The zero-order valence-corrected chi connectivity index (χ0v) is 21.4. The topological polar surface area (TPSA) is 137 Å². The number of carboxylic acids is 3. The molecule has 0 aliphatic carbocycles. The molecule has 2 rings (SSSR count). The van der Waals surface area contributed by atoms with Crippen molar-refractivity contribution in [2.45, 2.75) is 18.9 Å². The summed E-state index contributed by atoms with van der Waals surface area (Å²) in [5, 5.41) is 30.9. The molecule has 0 aromatic heterocycles. The Bertz CT molecular complexity index is 924. The van der Waals surface area contributed by atoms with E-state index in [0.29, 0.717) is 70.9 Å². The lowest BCUT2D eigenvalue weighted by atomic mass is 10.0. The van der Waals surface area contributed by atoms with Gasteiger partial charge in [0.25, 0.3) is 0 Å². The van der Waals surface area contributed by atoms with Crippen LogP contribution in [0.4, 0.5) is 5.69 Å². The molecule has 1 atom stereocenters. The van der Waals surface area contributed by atoms with Gasteiger partial charge in [0.05, 0.1) is 23.9 Å². The Labute approximate surface area is 216 Å². The van der Waals surface area contributed by atoms with E-state index in [2.05, 4.69) is 27.3 Å². The van der Waals surface area contributed by atoms with Gasteiger partial charge in [0.1, 0.15) is 6.04 Å². The maximum atomic E-state index is 12.3. The molecule has 198 valence electrons. The highest BCUT2D eigenvalue weighted by atomic mass is 32.1. The largest absolute Gasteiger partial charge is 0.480 e. The van der Waals surface area contributed by atoms with Crippen molar-refractivity contribution in [2.24, 2.45) is 4.99 Å². The van der Waals surface area contributed by atoms with Gasteiger partial charge in [-0.1, -0.05) is 12.1 Å². The summed E-state index contributed by atoms with van der Waals surface area (Å²) in [6, 6.07) is 6.69. The lowest BCUT2D eigenvalue weighted by Gasteiger charge is -2.34. The van der Waals surface area contributed by atoms with Gasteiger partial charge in [-0.15, -0.1) is 0 Å². The first-order valence-electron chi connectivity index (χ1n) is 11.9. The smallest absolute Gasteiger partial charge is 0.320 e. The van der Waals surface area contributed by atoms with Crippen LogP contribution in [0.15, 0.2) is 29.3 Å². The van der Waals surface area contributed by atoms with E-state index in [1.807, 2.05) is 36.2 Å². The Hall–Kier alpha value is -2.73. The van der Waals surface area contributed by atoms with Crippen molar-refractivity contribution in [1.82, 2.24) is 19.6 Å². The lowest BCUT2D eigenvalue weighted by molar-refractivity contribution is -0.144. The molecule has 1 saturated heterocycles.